The maximum absolute atomic E-state index is 12.9. The maximum atomic E-state index is 12.9. The number of aromatic nitrogens is 1. The van der Waals surface area contributed by atoms with Crippen LogP contribution in [0.5, 0.6) is 5.75 Å². The summed E-state index contributed by atoms with van der Waals surface area (Å²) in [5, 5.41) is 0.405. The number of Topliss-reactive ketones (excluding diaryl/α,β-unsaturated/α-hetero) is 1. The number of carbonyl (C=O) groups excluding carboxylic acids is 3. The highest BCUT2D eigenvalue weighted by Crippen LogP contribution is 2.30. The van der Waals surface area contributed by atoms with E-state index in [1.807, 2.05) is 0 Å². The van der Waals surface area contributed by atoms with Gasteiger partial charge in [-0.05, 0) is 51.8 Å². The molecule has 2 heterocycles. The average molecular weight is 546 g/mol. The van der Waals surface area contributed by atoms with Crippen molar-refractivity contribution in [2.75, 3.05) is 33.4 Å². The third-order valence-electron chi connectivity index (χ3n) is 5.39. The van der Waals surface area contributed by atoms with Gasteiger partial charge >= 0.3 is 12.5 Å². The van der Waals surface area contributed by atoms with E-state index in [1.54, 1.807) is 20.8 Å². The van der Waals surface area contributed by atoms with Crippen molar-refractivity contribution in [3.05, 3.63) is 23.2 Å². The van der Waals surface area contributed by atoms with E-state index >= 15 is 0 Å². The first-order valence-corrected chi connectivity index (χ1v) is 12.5. The first kappa shape index (κ1) is 28.6. The van der Waals surface area contributed by atoms with Gasteiger partial charge in [0.25, 0.3) is 0 Å². The van der Waals surface area contributed by atoms with Gasteiger partial charge in [0.15, 0.2) is 5.78 Å². The van der Waals surface area contributed by atoms with Crippen LogP contribution in [0.15, 0.2) is 18.2 Å². The van der Waals surface area contributed by atoms with Crippen molar-refractivity contribution in [1.29, 1.82) is 0 Å². The van der Waals surface area contributed by atoms with Gasteiger partial charge < -0.3 is 19.1 Å². The Bertz CT molecular complexity index is 1130. The van der Waals surface area contributed by atoms with E-state index in [4.69, 9.17) is 9.47 Å². The number of carbonyl (C=O) groups is 3. The Labute approximate surface area is 216 Å². The third-order valence-corrected chi connectivity index (χ3v) is 6.41. The van der Waals surface area contributed by atoms with Gasteiger partial charge in [-0.3, -0.25) is 14.5 Å². The van der Waals surface area contributed by atoms with Crippen molar-refractivity contribution in [1.82, 2.24) is 14.8 Å². The number of likely N-dealkylation sites (N-methyl/N-ethyl adjacent to an activating group) is 1. The van der Waals surface area contributed by atoms with Crippen LogP contribution in [0.4, 0.5) is 18.0 Å². The molecule has 2 amide bonds. The second-order valence-corrected chi connectivity index (χ2v) is 10.8. The lowest BCUT2D eigenvalue weighted by atomic mass is 10.1. The molecule has 1 aromatic heterocycles. The minimum Gasteiger partial charge on any atom is -0.444 e. The summed E-state index contributed by atoms with van der Waals surface area (Å²) in [7, 11) is 1.47. The molecule has 3 rings (SSSR count). The van der Waals surface area contributed by atoms with Crippen molar-refractivity contribution in [3.63, 3.8) is 0 Å². The number of ketones is 1. The number of thiazole rings is 1. The van der Waals surface area contributed by atoms with E-state index in [0.29, 0.717) is 41.3 Å². The van der Waals surface area contributed by atoms with Crippen LogP contribution in [0.1, 0.15) is 38.6 Å². The van der Waals surface area contributed by atoms with Crippen molar-refractivity contribution in [3.8, 4) is 5.75 Å². The number of hydrogen-bond acceptors (Lipinski definition) is 8. The van der Waals surface area contributed by atoms with Crippen molar-refractivity contribution < 1.29 is 41.8 Å². The molecule has 1 saturated heterocycles. The Morgan fingerprint density at radius 3 is 2.43 bits per heavy atom. The minimum atomic E-state index is -4.81. The fraction of sp³-hybridized carbons (Fsp3) is 0.583. The van der Waals surface area contributed by atoms with E-state index in [0.717, 1.165) is 17.4 Å². The number of alkyl halides is 3. The largest absolute Gasteiger partial charge is 0.573 e. The molecule has 1 aliphatic heterocycles. The highest BCUT2D eigenvalue weighted by molar-refractivity contribution is 7.18. The van der Waals surface area contributed by atoms with Gasteiger partial charge in [0.2, 0.25) is 5.91 Å². The van der Waals surface area contributed by atoms with Gasteiger partial charge in [0.05, 0.1) is 23.2 Å². The molecule has 37 heavy (non-hydrogen) atoms. The molecule has 204 valence electrons. The molecule has 0 spiro atoms. The minimum absolute atomic E-state index is 0.0951. The van der Waals surface area contributed by atoms with Crippen molar-refractivity contribution in [2.24, 2.45) is 0 Å². The predicted molar refractivity (Wildman–Crippen MR) is 129 cm³/mol. The molecule has 9 nitrogen and oxygen atoms in total. The summed E-state index contributed by atoms with van der Waals surface area (Å²) in [6.07, 6.45) is -4.36. The third kappa shape index (κ3) is 8.85. The molecule has 2 aromatic rings. The Kier molecular flexibility index (Phi) is 9.00. The summed E-state index contributed by atoms with van der Waals surface area (Å²) in [6, 6.07) is 3.54. The Morgan fingerprint density at radius 1 is 1.14 bits per heavy atom. The van der Waals surface area contributed by atoms with Gasteiger partial charge in [-0.1, -0.05) is 0 Å². The lowest BCUT2D eigenvalue weighted by Gasteiger charge is -2.35. The Hall–Kier alpha value is -2.93. The second kappa shape index (κ2) is 11.6. The van der Waals surface area contributed by atoms with Crippen LogP contribution in [0, 0.1) is 0 Å². The van der Waals surface area contributed by atoms with Crippen molar-refractivity contribution in [2.45, 2.75) is 58.0 Å². The summed E-state index contributed by atoms with van der Waals surface area (Å²) in [6.45, 7) is 5.71. The molecular formula is C24H30F3N3O6S. The molecule has 1 aromatic carbocycles. The number of ether oxygens (including phenoxy) is 3. The van der Waals surface area contributed by atoms with Gasteiger partial charge in [-0.15, -0.1) is 24.5 Å². The van der Waals surface area contributed by atoms with Crippen LogP contribution < -0.4 is 4.74 Å². The zero-order chi connectivity index (χ0) is 27.4. The van der Waals surface area contributed by atoms with Gasteiger partial charge in [0, 0.05) is 26.3 Å². The quantitative estimate of drug-likeness (QED) is 0.491. The lowest BCUT2D eigenvalue weighted by molar-refractivity contribution is -0.274. The molecule has 0 radical (unpaired) electrons. The highest BCUT2D eigenvalue weighted by atomic mass is 32.1. The van der Waals surface area contributed by atoms with E-state index in [-0.39, 0.29) is 37.1 Å². The van der Waals surface area contributed by atoms with Gasteiger partial charge in [-0.2, -0.15) is 0 Å². The van der Waals surface area contributed by atoms with Crippen LogP contribution in [0.3, 0.4) is 0 Å². The molecule has 1 fully saturated rings. The highest BCUT2D eigenvalue weighted by Gasteiger charge is 2.33. The smallest absolute Gasteiger partial charge is 0.444 e. The first-order chi connectivity index (χ1) is 17.2. The molecule has 0 aliphatic carbocycles. The second-order valence-electron chi connectivity index (χ2n) is 9.70. The molecular weight excluding hydrogens is 515 g/mol. The number of hydrogen-bond donors (Lipinski definition) is 0. The molecule has 0 bridgehead atoms. The van der Waals surface area contributed by atoms with E-state index in [1.165, 1.54) is 29.0 Å². The van der Waals surface area contributed by atoms with E-state index in [2.05, 4.69) is 9.72 Å². The fourth-order valence-electron chi connectivity index (χ4n) is 3.73. The number of halogens is 3. The number of nitrogens with zero attached hydrogens (tertiary/aromatic N) is 3. The van der Waals surface area contributed by atoms with E-state index < -0.39 is 24.0 Å². The average Bonchev–Trinajstić information content (AvgIpc) is 3.16. The molecule has 1 aliphatic rings. The summed E-state index contributed by atoms with van der Waals surface area (Å²) >= 11 is 1.08. The van der Waals surface area contributed by atoms with Crippen LogP contribution in [-0.2, 0) is 25.5 Å². The summed E-state index contributed by atoms with van der Waals surface area (Å²) in [5.74, 6) is -1.11. The normalized spacial score (nSPS) is 14.9. The summed E-state index contributed by atoms with van der Waals surface area (Å²) < 4.78 is 52.6. The van der Waals surface area contributed by atoms with Crippen LogP contribution >= 0.6 is 11.3 Å². The zero-order valence-corrected chi connectivity index (χ0v) is 21.9. The summed E-state index contributed by atoms with van der Waals surface area (Å²) in [4.78, 5) is 45.3. The predicted octanol–water partition coefficient (Wildman–Crippen LogP) is 4.18. The molecule has 0 N–H and O–H groups in total. The zero-order valence-electron chi connectivity index (χ0n) is 21.1. The van der Waals surface area contributed by atoms with Crippen molar-refractivity contribution >= 4 is 39.3 Å². The fourth-order valence-corrected chi connectivity index (χ4v) is 4.75. The number of benzene rings is 1. The SMILES string of the molecule is CN(CC(=O)Cc1nc2ccc(OC(F)(F)F)cc2s1)C(=O)CN(C(=O)OC(C)(C)C)C1CCOCC1. The van der Waals surface area contributed by atoms with Gasteiger partial charge in [-0.25, -0.2) is 9.78 Å². The topological polar surface area (TPSA) is 98.3 Å². The van der Waals surface area contributed by atoms with Gasteiger partial charge in [0.1, 0.15) is 22.9 Å². The summed E-state index contributed by atoms with van der Waals surface area (Å²) in [5.41, 5.74) is -0.293. The monoisotopic (exact) mass is 545 g/mol. The molecule has 0 unspecified atom stereocenters. The van der Waals surface area contributed by atoms with E-state index in [9.17, 15) is 27.6 Å². The lowest BCUT2D eigenvalue weighted by Crippen LogP contribution is -2.50. The molecule has 13 heteroatoms. The Morgan fingerprint density at radius 2 is 1.81 bits per heavy atom. The van der Waals surface area contributed by atoms with Crippen LogP contribution in [0.2, 0.25) is 0 Å². The number of fused-ring (bicyclic) bond motifs is 1. The van der Waals surface area contributed by atoms with Crippen LogP contribution in [0.25, 0.3) is 10.2 Å². The molecule has 0 atom stereocenters. The Balaban J connectivity index is 1.61. The first-order valence-electron chi connectivity index (χ1n) is 11.7. The van der Waals surface area contributed by atoms with Crippen LogP contribution in [-0.4, -0.2) is 83.9 Å². The number of rotatable bonds is 8. The maximum Gasteiger partial charge on any atom is 0.573 e. The standard InChI is InChI=1S/C24H30F3N3O6S/c1-23(2,3)36-22(33)30(15-7-9-34-10-8-15)14-21(32)29(4)13-16(31)11-20-28-18-6-5-17(12-19(18)37-20)35-24(25,26)27/h5-6,12,15H,7-11,13-14H2,1-4H3. The molecule has 0 saturated carbocycles. The number of amides is 2.